The monoisotopic (exact) mass is 279 g/mol. The predicted octanol–water partition coefficient (Wildman–Crippen LogP) is 2.58. The lowest BCUT2D eigenvalue weighted by atomic mass is 10.0. The molecule has 0 bridgehead atoms. The van der Waals surface area contributed by atoms with Crippen molar-refractivity contribution in [3.8, 4) is 0 Å². The number of benzene rings is 1. The van der Waals surface area contributed by atoms with Crippen molar-refractivity contribution in [1.29, 1.82) is 0 Å². The Kier molecular flexibility index (Phi) is 3.41. The summed E-state index contributed by atoms with van der Waals surface area (Å²) < 4.78 is 2.96. The molecule has 1 aromatic heterocycles. The minimum atomic E-state index is -0.00130. The van der Waals surface area contributed by atoms with Gasteiger partial charge in [-0.2, -0.15) is 5.10 Å². The lowest BCUT2D eigenvalue weighted by Gasteiger charge is -2.22. The lowest BCUT2D eigenvalue weighted by molar-refractivity contribution is 0.452. The van der Waals surface area contributed by atoms with Gasteiger partial charge in [-0.15, -0.1) is 0 Å². The molecule has 1 heterocycles. The zero-order valence-corrected chi connectivity index (χ0v) is 10.6. The van der Waals surface area contributed by atoms with Gasteiger partial charge in [0.25, 0.3) is 0 Å². The maximum Gasteiger partial charge on any atom is 0.0927 e. The highest BCUT2D eigenvalue weighted by atomic mass is 79.9. The number of rotatable bonds is 3. The van der Waals surface area contributed by atoms with Gasteiger partial charge < -0.3 is 5.73 Å². The van der Waals surface area contributed by atoms with Gasteiger partial charge in [-0.05, 0) is 24.6 Å². The molecule has 0 saturated heterocycles. The Morgan fingerprint density at radius 2 is 2.06 bits per heavy atom. The minimum absolute atomic E-state index is 0.00130. The summed E-state index contributed by atoms with van der Waals surface area (Å²) in [4.78, 5) is 0. The summed E-state index contributed by atoms with van der Waals surface area (Å²) >= 11 is 3.55. The molecule has 4 heteroatoms. The van der Waals surface area contributed by atoms with E-state index in [0.717, 1.165) is 10.0 Å². The number of nitrogens with two attached hydrogens (primary N) is 1. The van der Waals surface area contributed by atoms with E-state index in [1.165, 1.54) is 0 Å². The lowest BCUT2D eigenvalue weighted by Crippen LogP contribution is -2.30. The highest BCUT2D eigenvalue weighted by Crippen LogP contribution is 2.27. The highest BCUT2D eigenvalue weighted by Gasteiger charge is 2.20. The molecule has 0 aliphatic rings. The van der Waals surface area contributed by atoms with Crippen LogP contribution in [0.1, 0.15) is 18.5 Å². The van der Waals surface area contributed by atoms with Crippen molar-refractivity contribution in [3.05, 3.63) is 52.8 Å². The van der Waals surface area contributed by atoms with Gasteiger partial charge in [-0.25, -0.2) is 0 Å². The molecule has 0 fully saturated rings. The first kappa shape index (κ1) is 11.4. The molecule has 2 aromatic rings. The molecule has 16 heavy (non-hydrogen) atoms. The van der Waals surface area contributed by atoms with Crippen molar-refractivity contribution < 1.29 is 0 Å². The van der Waals surface area contributed by atoms with E-state index in [0.29, 0.717) is 0 Å². The molecule has 84 valence electrons. The minimum Gasteiger partial charge on any atom is -0.326 e. The SMILES string of the molecule is CC(N)C(c1ccccc1Br)n1cccn1. The van der Waals surface area contributed by atoms with Crippen LogP contribution in [-0.2, 0) is 0 Å². The summed E-state index contributed by atoms with van der Waals surface area (Å²) in [6, 6.07) is 10.1. The maximum atomic E-state index is 6.05. The predicted molar refractivity (Wildman–Crippen MR) is 68.2 cm³/mol. The van der Waals surface area contributed by atoms with E-state index in [1.807, 2.05) is 42.1 Å². The first-order valence-corrected chi connectivity index (χ1v) is 5.98. The largest absolute Gasteiger partial charge is 0.326 e. The van der Waals surface area contributed by atoms with Gasteiger partial charge in [0.1, 0.15) is 0 Å². The third-order valence-corrected chi connectivity index (χ3v) is 3.25. The smallest absolute Gasteiger partial charge is 0.0927 e. The summed E-state index contributed by atoms with van der Waals surface area (Å²) in [7, 11) is 0. The molecule has 0 amide bonds. The molecule has 0 saturated carbocycles. The van der Waals surface area contributed by atoms with Gasteiger partial charge >= 0.3 is 0 Å². The molecule has 0 aliphatic heterocycles. The van der Waals surface area contributed by atoms with Crippen LogP contribution in [-0.4, -0.2) is 15.8 Å². The summed E-state index contributed by atoms with van der Waals surface area (Å²) in [5.74, 6) is 0. The third-order valence-electron chi connectivity index (χ3n) is 2.53. The van der Waals surface area contributed by atoms with Gasteiger partial charge in [-0.1, -0.05) is 34.1 Å². The van der Waals surface area contributed by atoms with Crippen molar-refractivity contribution in [2.24, 2.45) is 5.73 Å². The summed E-state index contributed by atoms with van der Waals surface area (Å²) in [5, 5.41) is 4.27. The highest BCUT2D eigenvalue weighted by molar-refractivity contribution is 9.10. The van der Waals surface area contributed by atoms with Crippen LogP contribution in [0.4, 0.5) is 0 Å². The summed E-state index contributed by atoms with van der Waals surface area (Å²) in [6.45, 7) is 1.99. The molecule has 3 nitrogen and oxygen atoms in total. The zero-order chi connectivity index (χ0) is 11.5. The molecule has 0 aliphatic carbocycles. The molecular formula is C12H14BrN3. The fraction of sp³-hybridized carbons (Fsp3) is 0.250. The van der Waals surface area contributed by atoms with Gasteiger partial charge in [-0.3, -0.25) is 4.68 Å². The molecule has 2 rings (SSSR count). The Morgan fingerprint density at radius 1 is 1.31 bits per heavy atom. The number of hydrogen-bond donors (Lipinski definition) is 1. The third kappa shape index (κ3) is 2.18. The van der Waals surface area contributed by atoms with E-state index in [2.05, 4.69) is 27.1 Å². The topological polar surface area (TPSA) is 43.8 Å². The van der Waals surface area contributed by atoms with Gasteiger partial charge in [0.05, 0.1) is 6.04 Å². The molecule has 0 spiro atoms. The average Bonchev–Trinajstić information content (AvgIpc) is 2.74. The fourth-order valence-corrected chi connectivity index (χ4v) is 2.35. The first-order valence-electron chi connectivity index (χ1n) is 5.19. The second-order valence-electron chi connectivity index (χ2n) is 3.81. The van der Waals surface area contributed by atoms with E-state index in [-0.39, 0.29) is 12.1 Å². The quantitative estimate of drug-likeness (QED) is 0.939. The molecule has 1 aromatic carbocycles. The Morgan fingerprint density at radius 3 is 2.62 bits per heavy atom. The summed E-state index contributed by atoms with van der Waals surface area (Å²) in [5.41, 5.74) is 7.20. The number of nitrogens with zero attached hydrogens (tertiary/aromatic N) is 2. The van der Waals surface area contributed by atoms with E-state index in [1.54, 1.807) is 6.20 Å². The Labute approximate surface area is 103 Å². The Balaban J connectivity index is 2.45. The molecule has 2 atom stereocenters. The first-order chi connectivity index (χ1) is 7.70. The van der Waals surface area contributed by atoms with Crippen LogP contribution in [0.3, 0.4) is 0 Å². The van der Waals surface area contributed by atoms with Crippen LogP contribution in [0, 0.1) is 0 Å². The average molecular weight is 280 g/mol. The zero-order valence-electron chi connectivity index (χ0n) is 9.05. The van der Waals surface area contributed by atoms with E-state index < -0.39 is 0 Å². The standard InChI is InChI=1S/C12H14BrN3/c1-9(14)12(16-8-4-7-15-16)10-5-2-3-6-11(10)13/h2-9,12H,14H2,1H3. The van der Waals surface area contributed by atoms with Gasteiger partial charge in [0.2, 0.25) is 0 Å². The van der Waals surface area contributed by atoms with E-state index in [9.17, 15) is 0 Å². The van der Waals surface area contributed by atoms with Crippen LogP contribution in [0.5, 0.6) is 0 Å². The van der Waals surface area contributed by atoms with Crippen molar-refractivity contribution >= 4 is 15.9 Å². The van der Waals surface area contributed by atoms with E-state index in [4.69, 9.17) is 5.73 Å². The molecule has 2 unspecified atom stereocenters. The summed E-state index contributed by atoms with van der Waals surface area (Å²) in [6.07, 6.45) is 3.71. The Bertz CT molecular complexity index is 451. The van der Waals surface area contributed by atoms with Crippen LogP contribution in [0.2, 0.25) is 0 Å². The van der Waals surface area contributed by atoms with Crippen molar-refractivity contribution in [3.63, 3.8) is 0 Å². The number of hydrogen-bond acceptors (Lipinski definition) is 2. The number of aromatic nitrogens is 2. The van der Waals surface area contributed by atoms with Gasteiger partial charge in [0.15, 0.2) is 0 Å². The molecular weight excluding hydrogens is 266 g/mol. The molecule has 0 radical (unpaired) electrons. The van der Waals surface area contributed by atoms with Crippen LogP contribution < -0.4 is 5.73 Å². The Hall–Kier alpha value is -1.13. The fourth-order valence-electron chi connectivity index (χ4n) is 1.83. The van der Waals surface area contributed by atoms with Crippen LogP contribution >= 0.6 is 15.9 Å². The second-order valence-corrected chi connectivity index (χ2v) is 4.67. The van der Waals surface area contributed by atoms with Crippen LogP contribution in [0.25, 0.3) is 0 Å². The number of halogens is 1. The van der Waals surface area contributed by atoms with Crippen molar-refractivity contribution in [2.45, 2.75) is 19.0 Å². The second kappa shape index (κ2) is 4.80. The van der Waals surface area contributed by atoms with Crippen molar-refractivity contribution in [1.82, 2.24) is 9.78 Å². The normalized spacial score (nSPS) is 14.7. The molecule has 2 N–H and O–H groups in total. The van der Waals surface area contributed by atoms with Crippen molar-refractivity contribution in [2.75, 3.05) is 0 Å². The van der Waals surface area contributed by atoms with Crippen LogP contribution in [0.15, 0.2) is 47.2 Å². The van der Waals surface area contributed by atoms with Gasteiger partial charge in [0, 0.05) is 22.9 Å². The van der Waals surface area contributed by atoms with E-state index >= 15 is 0 Å². The maximum absolute atomic E-state index is 6.05.